The van der Waals surface area contributed by atoms with E-state index < -0.39 is 0 Å². The minimum atomic E-state index is 0.627. The smallest absolute Gasteiger partial charge is 0.191 e. The predicted octanol–water partition coefficient (Wildman–Crippen LogP) is 1.70. The van der Waals surface area contributed by atoms with Gasteiger partial charge in [0, 0.05) is 20.6 Å². The second-order valence-electron chi connectivity index (χ2n) is 5.02. The van der Waals surface area contributed by atoms with Gasteiger partial charge >= 0.3 is 0 Å². The Kier molecular flexibility index (Phi) is 7.69. The highest BCUT2D eigenvalue weighted by Gasteiger charge is 2.07. The van der Waals surface area contributed by atoms with Crippen LogP contribution in [0.15, 0.2) is 11.3 Å². The van der Waals surface area contributed by atoms with E-state index in [0.29, 0.717) is 12.5 Å². The lowest BCUT2D eigenvalue weighted by Gasteiger charge is -2.17. The van der Waals surface area contributed by atoms with Crippen LogP contribution >= 0.6 is 0 Å². The van der Waals surface area contributed by atoms with Crippen LogP contribution in [-0.4, -0.2) is 34.3 Å². The zero-order chi connectivity index (χ0) is 14.8. The molecule has 114 valence electrons. The van der Waals surface area contributed by atoms with E-state index in [9.17, 15) is 0 Å². The maximum atomic E-state index is 4.24. The van der Waals surface area contributed by atoms with Crippen LogP contribution in [0.4, 0.5) is 0 Å². The van der Waals surface area contributed by atoms with Gasteiger partial charge in [-0.1, -0.05) is 33.1 Å². The average molecular weight is 280 g/mol. The van der Waals surface area contributed by atoms with Crippen LogP contribution in [0.3, 0.4) is 0 Å². The molecule has 0 saturated carbocycles. The monoisotopic (exact) mass is 280 g/mol. The molecule has 0 saturated heterocycles. The molecule has 20 heavy (non-hydrogen) atoms. The summed E-state index contributed by atoms with van der Waals surface area (Å²) in [5, 5.41) is 10.7. The first-order chi connectivity index (χ1) is 9.71. The SMILES string of the molecule is CCCCC(CC)CNC(=NC)NCc1ncnn1C. The average Bonchev–Trinajstić information content (AvgIpc) is 2.87. The third-order valence-electron chi connectivity index (χ3n) is 3.54. The summed E-state index contributed by atoms with van der Waals surface area (Å²) in [6, 6.07) is 0. The van der Waals surface area contributed by atoms with E-state index in [-0.39, 0.29) is 0 Å². The van der Waals surface area contributed by atoms with Crippen molar-refractivity contribution in [2.75, 3.05) is 13.6 Å². The van der Waals surface area contributed by atoms with Gasteiger partial charge in [-0.05, 0) is 12.3 Å². The van der Waals surface area contributed by atoms with E-state index in [2.05, 4.69) is 39.6 Å². The van der Waals surface area contributed by atoms with Crippen molar-refractivity contribution in [1.82, 2.24) is 25.4 Å². The molecule has 1 rings (SSSR count). The van der Waals surface area contributed by atoms with E-state index in [1.165, 1.54) is 25.7 Å². The van der Waals surface area contributed by atoms with E-state index in [0.717, 1.165) is 18.3 Å². The van der Waals surface area contributed by atoms with E-state index in [1.54, 1.807) is 18.1 Å². The minimum Gasteiger partial charge on any atom is -0.356 e. The molecule has 0 bridgehead atoms. The molecular formula is C14H28N6. The van der Waals surface area contributed by atoms with Gasteiger partial charge in [-0.3, -0.25) is 9.67 Å². The molecule has 0 aliphatic heterocycles. The van der Waals surface area contributed by atoms with E-state index in [1.807, 2.05) is 7.05 Å². The maximum Gasteiger partial charge on any atom is 0.191 e. The molecule has 0 radical (unpaired) electrons. The number of unbranched alkanes of at least 4 members (excludes halogenated alkanes) is 1. The van der Waals surface area contributed by atoms with Crippen molar-refractivity contribution in [3.8, 4) is 0 Å². The van der Waals surface area contributed by atoms with Gasteiger partial charge in [0.1, 0.15) is 12.2 Å². The molecule has 0 aromatic carbocycles. The first kappa shape index (κ1) is 16.5. The Morgan fingerprint density at radius 3 is 2.75 bits per heavy atom. The van der Waals surface area contributed by atoms with E-state index in [4.69, 9.17) is 0 Å². The highest BCUT2D eigenvalue weighted by atomic mass is 15.3. The number of hydrogen-bond acceptors (Lipinski definition) is 3. The highest BCUT2D eigenvalue weighted by Crippen LogP contribution is 2.10. The highest BCUT2D eigenvalue weighted by molar-refractivity contribution is 5.79. The Morgan fingerprint density at radius 1 is 1.40 bits per heavy atom. The molecule has 0 spiro atoms. The Labute approximate surface area is 122 Å². The number of rotatable bonds is 8. The summed E-state index contributed by atoms with van der Waals surface area (Å²) < 4.78 is 1.76. The summed E-state index contributed by atoms with van der Waals surface area (Å²) in [7, 11) is 3.68. The lowest BCUT2D eigenvalue weighted by atomic mass is 9.99. The van der Waals surface area contributed by atoms with Gasteiger partial charge in [-0.15, -0.1) is 0 Å². The van der Waals surface area contributed by atoms with Crippen LogP contribution in [0.1, 0.15) is 45.4 Å². The zero-order valence-electron chi connectivity index (χ0n) is 13.2. The number of hydrogen-bond donors (Lipinski definition) is 2. The number of guanidine groups is 1. The second-order valence-corrected chi connectivity index (χ2v) is 5.02. The van der Waals surface area contributed by atoms with Crippen molar-refractivity contribution in [3.05, 3.63) is 12.2 Å². The number of nitrogens with one attached hydrogen (secondary N) is 2. The molecule has 1 atom stereocenters. The molecular weight excluding hydrogens is 252 g/mol. The molecule has 0 fully saturated rings. The van der Waals surface area contributed by atoms with Gasteiger partial charge in [0.25, 0.3) is 0 Å². The van der Waals surface area contributed by atoms with Gasteiger partial charge in [-0.25, -0.2) is 4.98 Å². The van der Waals surface area contributed by atoms with Gasteiger partial charge in [0.2, 0.25) is 0 Å². The van der Waals surface area contributed by atoms with Crippen molar-refractivity contribution in [1.29, 1.82) is 0 Å². The standard InChI is InChI=1S/C14H28N6/c1-5-7-8-12(6-2)9-16-14(15-3)17-10-13-18-11-19-20(13)4/h11-12H,5-10H2,1-4H3,(H2,15,16,17). The molecule has 6 heteroatoms. The molecule has 1 unspecified atom stereocenters. The summed E-state index contributed by atoms with van der Waals surface area (Å²) in [4.78, 5) is 8.42. The quantitative estimate of drug-likeness (QED) is 0.562. The first-order valence-corrected chi connectivity index (χ1v) is 7.48. The summed E-state index contributed by atoms with van der Waals surface area (Å²) >= 11 is 0. The number of aromatic nitrogens is 3. The molecule has 1 aromatic heterocycles. The molecule has 0 aliphatic rings. The fourth-order valence-electron chi connectivity index (χ4n) is 2.05. The lowest BCUT2D eigenvalue weighted by molar-refractivity contribution is 0.443. The third-order valence-corrected chi connectivity index (χ3v) is 3.54. The van der Waals surface area contributed by atoms with Gasteiger partial charge in [-0.2, -0.15) is 5.10 Å². The van der Waals surface area contributed by atoms with Crippen molar-refractivity contribution in [2.45, 2.75) is 46.1 Å². The zero-order valence-corrected chi connectivity index (χ0v) is 13.2. The number of aliphatic imine (C=N–C) groups is 1. The first-order valence-electron chi connectivity index (χ1n) is 7.48. The molecule has 0 aliphatic carbocycles. The Bertz CT molecular complexity index is 398. The summed E-state index contributed by atoms with van der Waals surface area (Å²) in [5.41, 5.74) is 0. The van der Waals surface area contributed by atoms with Crippen LogP contribution in [0, 0.1) is 5.92 Å². The van der Waals surface area contributed by atoms with Crippen LogP contribution in [0.25, 0.3) is 0 Å². The Hall–Kier alpha value is -1.59. The fourth-order valence-corrected chi connectivity index (χ4v) is 2.05. The predicted molar refractivity (Wildman–Crippen MR) is 82.5 cm³/mol. The topological polar surface area (TPSA) is 67.1 Å². The van der Waals surface area contributed by atoms with E-state index >= 15 is 0 Å². The second kappa shape index (κ2) is 9.34. The molecule has 0 amide bonds. The van der Waals surface area contributed by atoms with Crippen molar-refractivity contribution >= 4 is 5.96 Å². The lowest BCUT2D eigenvalue weighted by Crippen LogP contribution is -2.39. The summed E-state index contributed by atoms with van der Waals surface area (Å²) in [6.07, 6.45) is 6.60. The van der Waals surface area contributed by atoms with Crippen molar-refractivity contribution in [2.24, 2.45) is 18.0 Å². The molecule has 2 N–H and O–H groups in total. The van der Waals surface area contributed by atoms with Crippen molar-refractivity contribution in [3.63, 3.8) is 0 Å². The van der Waals surface area contributed by atoms with Crippen molar-refractivity contribution < 1.29 is 0 Å². The molecule has 1 aromatic rings. The van der Waals surface area contributed by atoms with Crippen LogP contribution in [0.5, 0.6) is 0 Å². The molecule has 1 heterocycles. The van der Waals surface area contributed by atoms with Gasteiger partial charge < -0.3 is 10.6 Å². The summed E-state index contributed by atoms with van der Waals surface area (Å²) in [6.45, 7) is 6.08. The fraction of sp³-hybridized carbons (Fsp3) is 0.786. The minimum absolute atomic E-state index is 0.627. The largest absolute Gasteiger partial charge is 0.356 e. The van der Waals surface area contributed by atoms with Gasteiger partial charge in [0.05, 0.1) is 6.54 Å². The van der Waals surface area contributed by atoms with Crippen LogP contribution in [-0.2, 0) is 13.6 Å². The Morgan fingerprint density at radius 2 is 2.20 bits per heavy atom. The molecule has 6 nitrogen and oxygen atoms in total. The number of aryl methyl sites for hydroxylation is 1. The Balaban J connectivity index is 2.34. The summed E-state index contributed by atoms with van der Waals surface area (Å²) in [5.74, 6) is 2.43. The van der Waals surface area contributed by atoms with Crippen LogP contribution < -0.4 is 10.6 Å². The number of nitrogens with zero attached hydrogens (tertiary/aromatic N) is 4. The van der Waals surface area contributed by atoms with Crippen LogP contribution in [0.2, 0.25) is 0 Å². The maximum absolute atomic E-state index is 4.24. The van der Waals surface area contributed by atoms with Gasteiger partial charge in [0.15, 0.2) is 5.96 Å². The third kappa shape index (κ3) is 5.59. The normalized spacial score (nSPS) is 13.3.